The van der Waals surface area contributed by atoms with Gasteiger partial charge >= 0.3 is 0 Å². The van der Waals surface area contributed by atoms with Gasteiger partial charge in [-0.05, 0) is 66.0 Å². The van der Waals surface area contributed by atoms with Crippen LogP contribution in [0.1, 0.15) is 61.1 Å². The molecule has 0 unspecified atom stereocenters. The van der Waals surface area contributed by atoms with E-state index >= 15 is 0 Å². The summed E-state index contributed by atoms with van der Waals surface area (Å²) in [5.41, 5.74) is 3.16. The largest absolute Gasteiger partial charge is 0.482 e. The van der Waals surface area contributed by atoms with Crippen LogP contribution in [-0.2, 0) is 23.2 Å². The van der Waals surface area contributed by atoms with Crippen molar-refractivity contribution in [3.05, 3.63) is 83.3 Å². The van der Waals surface area contributed by atoms with E-state index in [2.05, 4.69) is 45.0 Å². The Morgan fingerprint density at radius 2 is 1.75 bits per heavy atom. The lowest BCUT2D eigenvalue weighted by Gasteiger charge is -2.31. The summed E-state index contributed by atoms with van der Waals surface area (Å²) in [6.07, 6.45) is 3.03. The maximum Gasteiger partial charge on any atom is 0.289 e. The number of ether oxygens (including phenoxy) is 1. The number of likely N-dealkylation sites (tertiary alicyclic amines) is 1. The van der Waals surface area contributed by atoms with E-state index in [1.807, 2.05) is 29.2 Å². The lowest BCUT2D eigenvalue weighted by molar-refractivity contribution is -0.121. The first-order valence-electron chi connectivity index (χ1n) is 12.8. The molecule has 0 saturated carbocycles. The van der Waals surface area contributed by atoms with Gasteiger partial charge in [0.15, 0.2) is 12.4 Å². The van der Waals surface area contributed by atoms with Gasteiger partial charge in [0.25, 0.3) is 11.8 Å². The van der Waals surface area contributed by atoms with Gasteiger partial charge in [0.05, 0.1) is 12.2 Å². The number of carbonyl (C=O) groups is 2. The second kappa shape index (κ2) is 9.84. The van der Waals surface area contributed by atoms with Crippen LogP contribution in [0.25, 0.3) is 0 Å². The molecule has 0 atom stereocenters. The highest BCUT2D eigenvalue weighted by molar-refractivity contribution is 5.98. The molecule has 6 nitrogen and oxygen atoms in total. The summed E-state index contributed by atoms with van der Waals surface area (Å²) < 4.78 is 11.6. The highest BCUT2D eigenvalue weighted by atomic mass is 16.5. The number of amides is 2. The van der Waals surface area contributed by atoms with Crippen LogP contribution in [0.4, 0.5) is 5.69 Å². The minimum atomic E-state index is -0.127. The SMILES string of the molecule is CC(C)(C)c1ccc2c(c1)N(Cc1ccc(C(=O)N3CCC(Cc4ccccc4)CC3)o1)C(=O)CO2. The molecule has 188 valence electrons. The maximum atomic E-state index is 13.1. The van der Waals surface area contributed by atoms with Crippen molar-refractivity contribution in [2.75, 3.05) is 24.6 Å². The molecule has 36 heavy (non-hydrogen) atoms. The van der Waals surface area contributed by atoms with Gasteiger partial charge in [-0.2, -0.15) is 0 Å². The van der Waals surface area contributed by atoms with Crippen LogP contribution in [0.2, 0.25) is 0 Å². The van der Waals surface area contributed by atoms with Gasteiger partial charge in [0.2, 0.25) is 0 Å². The predicted molar refractivity (Wildman–Crippen MR) is 139 cm³/mol. The predicted octanol–water partition coefficient (Wildman–Crippen LogP) is 5.60. The van der Waals surface area contributed by atoms with E-state index in [0.29, 0.717) is 23.2 Å². The third kappa shape index (κ3) is 5.18. The first-order chi connectivity index (χ1) is 17.3. The molecule has 1 aromatic heterocycles. The average molecular weight is 487 g/mol. The number of anilines is 1. The Kier molecular flexibility index (Phi) is 6.61. The molecule has 0 aliphatic carbocycles. The summed E-state index contributed by atoms with van der Waals surface area (Å²) in [6.45, 7) is 8.13. The van der Waals surface area contributed by atoms with Crippen molar-refractivity contribution in [1.82, 2.24) is 4.90 Å². The maximum absolute atomic E-state index is 13.1. The van der Waals surface area contributed by atoms with Crippen molar-refractivity contribution in [2.45, 2.75) is 52.0 Å². The van der Waals surface area contributed by atoms with Crippen LogP contribution >= 0.6 is 0 Å². The Labute approximate surface area is 212 Å². The summed E-state index contributed by atoms with van der Waals surface area (Å²) in [5, 5.41) is 0. The van der Waals surface area contributed by atoms with Crippen molar-refractivity contribution >= 4 is 17.5 Å². The molecule has 2 aliphatic heterocycles. The first-order valence-corrected chi connectivity index (χ1v) is 12.8. The van der Waals surface area contributed by atoms with Crippen molar-refractivity contribution < 1.29 is 18.7 Å². The smallest absolute Gasteiger partial charge is 0.289 e. The second-order valence-corrected chi connectivity index (χ2v) is 10.9. The molecule has 3 aromatic rings. The van der Waals surface area contributed by atoms with Crippen LogP contribution in [0, 0.1) is 5.92 Å². The van der Waals surface area contributed by atoms with E-state index in [-0.39, 0.29) is 30.4 Å². The second-order valence-electron chi connectivity index (χ2n) is 10.9. The fraction of sp³-hybridized carbons (Fsp3) is 0.400. The number of furan rings is 1. The highest BCUT2D eigenvalue weighted by Crippen LogP contribution is 2.37. The summed E-state index contributed by atoms with van der Waals surface area (Å²) >= 11 is 0. The Bertz CT molecular complexity index is 1230. The zero-order chi connectivity index (χ0) is 25.3. The normalized spacial score (nSPS) is 16.6. The van der Waals surface area contributed by atoms with Crippen LogP contribution in [-0.4, -0.2) is 36.4 Å². The monoisotopic (exact) mass is 486 g/mol. The van der Waals surface area contributed by atoms with E-state index in [0.717, 1.165) is 43.6 Å². The molecule has 1 saturated heterocycles. The summed E-state index contributed by atoms with van der Waals surface area (Å²) in [4.78, 5) is 29.5. The van der Waals surface area contributed by atoms with E-state index in [9.17, 15) is 9.59 Å². The van der Waals surface area contributed by atoms with Gasteiger partial charge in [-0.3, -0.25) is 14.5 Å². The Morgan fingerprint density at radius 3 is 2.47 bits per heavy atom. The number of hydrogen-bond donors (Lipinski definition) is 0. The Morgan fingerprint density at radius 1 is 1.00 bits per heavy atom. The molecule has 5 rings (SSSR count). The first kappa shape index (κ1) is 24.2. The van der Waals surface area contributed by atoms with Gasteiger partial charge in [0.1, 0.15) is 11.5 Å². The van der Waals surface area contributed by atoms with E-state index in [1.54, 1.807) is 17.0 Å². The molecule has 0 N–H and O–H groups in total. The van der Waals surface area contributed by atoms with Crippen LogP contribution in [0.5, 0.6) is 5.75 Å². The van der Waals surface area contributed by atoms with Gasteiger partial charge in [-0.15, -0.1) is 0 Å². The molecule has 3 heterocycles. The molecular weight excluding hydrogens is 452 g/mol. The molecular formula is C30H34N2O4. The molecule has 0 bridgehead atoms. The molecule has 6 heteroatoms. The van der Waals surface area contributed by atoms with E-state index in [4.69, 9.17) is 9.15 Å². The third-order valence-electron chi connectivity index (χ3n) is 7.22. The fourth-order valence-corrected chi connectivity index (χ4v) is 5.02. The molecule has 0 radical (unpaired) electrons. The summed E-state index contributed by atoms with van der Waals surface area (Å²) in [6, 6.07) is 20.0. The molecule has 1 fully saturated rings. The van der Waals surface area contributed by atoms with Gasteiger partial charge < -0.3 is 14.1 Å². The van der Waals surface area contributed by atoms with Gasteiger partial charge in [0, 0.05) is 13.1 Å². The minimum absolute atomic E-state index is 0.00765. The third-order valence-corrected chi connectivity index (χ3v) is 7.22. The van der Waals surface area contributed by atoms with Crippen molar-refractivity contribution in [1.29, 1.82) is 0 Å². The number of carbonyl (C=O) groups excluding carboxylic acids is 2. The standard InChI is InChI=1S/C30H34N2O4/c1-30(2,3)23-9-11-26-25(18-23)32(28(33)20-35-26)19-24-10-12-27(36-24)29(34)31-15-13-22(14-16-31)17-21-7-5-4-6-8-21/h4-12,18,22H,13-17,19-20H2,1-3H3. The number of nitrogens with zero attached hydrogens (tertiary/aromatic N) is 2. The number of piperidine rings is 1. The number of rotatable bonds is 5. The molecule has 2 amide bonds. The van der Waals surface area contributed by atoms with Gasteiger partial charge in [-0.25, -0.2) is 0 Å². The van der Waals surface area contributed by atoms with Crippen molar-refractivity contribution in [3.8, 4) is 5.75 Å². The topological polar surface area (TPSA) is 63.0 Å². The summed E-state index contributed by atoms with van der Waals surface area (Å²) in [7, 11) is 0. The quantitative estimate of drug-likeness (QED) is 0.471. The van der Waals surface area contributed by atoms with Crippen molar-refractivity contribution in [3.63, 3.8) is 0 Å². The average Bonchev–Trinajstić information content (AvgIpc) is 3.34. The fourth-order valence-electron chi connectivity index (χ4n) is 5.02. The minimum Gasteiger partial charge on any atom is -0.482 e. The van der Waals surface area contributed by atoms with E-state index in [1.165, 1.54) is 5.56 Å². The number of fused-ring (bicyclic) bond motifs is 1. The number of benzene rings is 2. The highest BCUT2D eigenvalue weighted by Gasteiger charge is 2.30. The van der Waals surface area contributed by atoms with Gasteiger partial charge in [-0.1, -0.05) is 57.2 Å². The van der Waals surface area contributed by atoms with Crippen LogP contribution < -0.4 is 9.64 Å². The zero-order valence-electron chi connectivity index (χ0n) is 21.3. The molecule has 2 aliphatic rings. The Hall–Kier alpha value is -3.54. The van der Waals surface area contributed by atoms with Crippen LogP contribution in [0.15, 0.2) is 65.1 Å². The summed E-state index contributed by atoms with van der Waals surface area (Å²) in [5.74, 6) is 1.98. The number of hydrogen-bond acceptors (Lipinski definition) is 4. The lowest BCUT2D eigenvalue weighted by Crippen LogP contribution is -2.39. The molecule has 0 spiro atoms. The zero-order valence-corrected chi connectivity index (χ0v) is 21.3. The Balaban J connectivity index is 1.24. The lowest BCUT2D eigenvalue weighted by atomic mass is 9.86. The molecule has 2 aromatic carbocycles. The van der Waals surface area contributed by atoms with Crippen molar-refractivity contribution in [2.24, 2.45) is 5.92 Å². The van der Waals surface area contributed by atoms with Crippen LogP contribution in [0.3, 0.4) is 0 Å². The van der Waals surface area contributed by atoms with E-state index < -0.39 is 0 Å².